The molecular weight excluding hydrogens is 237 g/mol. The van der Waals surface area contributed by atoms with Crippen LogP contribution in [0.3, 0.4) is 0 Å². The molecule has 0 aliphatic carbocycles. The summed E-state index contributed by atoms with van der Waals surface area (Å²) in [6, 6.07) is 0.792. The van der Waals surface area contributed by atoms with E-state index >= 15 is 0 Å². The Labute approximate surface area is 96.8 Å². The molecule has 0 unspecified atom stereocenters. The number of hydrogen-bond donors (Lipinski definition) is 2. The molecule has 0 fully saturated rings. The maximum Gasteiger partial charge on any atom is 0.173 e. The van der Waals surface area contributed by atoms with Crippen molar-refractivity contribution in [3.63, 3.8) is 0 Å². The molecule has 0 aliphatic rings. The number of hydrogen-bond acceptors (Lipinski definition) is 4. The van der Waals surface area contributed by atoms with Crippen LogP contribution >= 0.6 is 11.6 Å². The number of phenolic OH excluding ortho intramolecular Hbond substituents is 1. The Hall–Kier alpha value is -1.33. The molecule has 0 saturated heterocycles. The van der Waals surface area contributed by atoms with Gasteiger partial charge in [0.15, 0.2) is 17.3 Å². The maximum absolute atomic E-state index is 13.2. The molecule has 0 aliphatic heterocycles. The first kappa shape index (κ1) is 12.7. The standard InChI is InChI=1S/C10H11ClFNO3/c1-16-10-7(15)4-5(12)9(11)8(10)6(14)2-3-13/h4,15H,2-3,13H2,1H3. The maximum atomic E-state index is 13.2. The molecule has 3 N–H and O–H groups in total. The van der Waals surface area contributed by atoms with Gasteiger partial charge in [0.05, 0.1) is 17.7 Å². The number of halogens is 2. The van der Waals surface area contributed by atoms with E-state index in [9.17, 15) is 14.3 Å². The van der Waals surface area contributed by atoms with Crippen molar-refractivity contribution in [2.75, 3.05) is 13.7 Å². The summed E-state index contributed by atoms with van der Waals surface area (Å²) in [6.07, 6.45) is -0.00102. The van der Waals surface area contributed by atoms with Crippen LogP contribution in [0.25, 0.3) is 0 Å². The van der Waals surface area contributed by atoms with Gasteiger partial charge in [-0.1, -0.05) is 11.6 Å². The van der Waals surface area contributed by atoms with E-state index in [-0.39, 0.29) is 29.3 Å². The summed E-state index contributed by atoms with van der Waals surface area (Å²) in [5.74, 6) is -1.95. The highest BCUT2D eigenvalue weighted by Gasteiger charge is 2.22. The minimum absolute atomic E-state index is 0.00102. The zero-order chi connectivity index (χ0) is 12.3. The zero-order valence-electron chi connectivity index (χ0n) is 8.59. The van der Waals surface area contributed by atoms with Gasteiger partial charge in [0.25, 0.3) is 0 Å². The second-order valence-electron chi connectivity index (χ2n) is 3.06. The number of Topliss-reactive ketones (excluding diaryl/α,β-unsaturated/α-hetero) is 1. The van der Waals surface area contributed by atoms with Gasteiger partial charge in [0, 0.05) is 12.5 Å². The van der Waals surface area contributed by atoms with E-state index in [4.69, 9.17) is 22.1 Å². The quantitative estimate of drug-likeness (QED) is 0.795. The molecule has 0 radical (unpaired) electrons. The van der Waals surface area contributed by atoms with Crippen LogP contribution in [0.2, 0.25) is 5.02 Å². The average molecular weight is 248 g/mol. The number of nitrogens with two attached hydrogens (primary N) is 1. The number of carbonyl (C=O) groups excluding carboxylic acids is 1. The number of carbonyl (C=O) groups is 1. The van der Waals surface area contributed by atoms with Gasteiger partial charge in [0.2, 0.25) is 0 Å². The molecule has 4 nitrogen and oxygen atoms in total. The third kappa shape index (κ3) is 2.25. The number of methoxy groups -OCH3 is 1. The third-order valence-corrected chi connectivity index (χ3v) is 2.38. The van der Waals surface area contributed by atoms with Gasteiger partial charge in [-0.25, -0.2) is 4.39 Å². The van der Waals surface area contributed by atoms with Gasteiger partial charge in [-0.05, 0) is 6.54 Å². The van der Waals surface area contributed by atoms with Gasteiger partial charge in [0.1, 0.15) is 5.82 Å². The predicted molar refractivity (Wildman–Crippen MR) is 57.6 cm³/mol. The van der Waals surface area contributed by atoms with Crippen LogP contribution in [0.4, 0.5) is 4.39 Å². The van der Waals surface area contributed by atoms with Gasteiger partial charge in [-0.15, -0.1) is 0 Å². The number of phenols is 1. The molecule has 16 heavy (non-hydrogen) atoms. The van der Waals surface area contributed by atoms with Crippen LogP contribution in [0, 0.1) is 5.82 Å². The van der Waals surface area contributed by atoms with E-state index in [0.717, 1.165) is 6.07 Å². The Morgan fingerprint density at radius 2 is 2.31 bits per heavy atom. The highest BCUT2D eigenvalue weighted by atomic mass is 35.5. The van der Waals surface area contributed by atoms with E-state index in [1.54, 1.807) is 0 Å². The first-order chi connectivity index (χ1) is 7.52. The lowest BCUT2D eigenvalue weighted by molar-refractivity contribution is 0.0981. The Kier molecular flexibility index (Phi) is 4.09. The summed E-state index contributed by atoms with van der Waals surface area (Å²) in [5, 5.41) is 9.04. The fourth-order valence-corrected chi connectivity index (χ4v) is 1.55. The summed E-state index contributed by atoms with van der Waals surface area (Å²) >= 11 is 5.65. The van der Waals surface area contributed by atoms with Crippen molar-refractivity contribution in [1.82, 2.24) is 0 Å². The normalized spacial score (nSPS) is 10.2. The Morgan fingerprint density at radius 3 is 2.81 bits per heavy atom. The van der Waals surface area contributed by atoms with Crippen molar-refractivity contribution in [2.45, 2.75) is 6.42 Å². The van der Waals surface area contributed by atoms with E-state index in [0.29, 0.717) is 0 Å². The highest BCUT2D eigenvalue weighted by Crippen LogP contribution is 2.37. The zero-order valence-corrected chi connectivity index (χ0v) is 9.34. The van der Waals surface area contributed by atoms with E-state index in [1.807, 2.05) is 0 Å². The highest BCUT2D eigenvalue weighted by molar-refractivity contribution is 6.34. The van der Waals surface area contributed by atoms with Crippen LogP contribution < -0.4 is 10.5 Å². The molecule has 0 amide bonds. The van der Waals surface area contributed by atoms with Gasteiger partial charge >= 0.3 is 0 Å². The van der Waals surface area contributed by atoms with Crippen molar-refractivity contribution in [2.24, 2.45) is 5.73 Å². The summed E-state index contributed by atoms with van der Waals surface area (Å²) in [7, 11) is 1.25. The van der Waals surface area contributed by atoms with Crippen LogP contribution in [-0.4, -0.2) is 24.5 Å². The van der Waals surface area contributed by atoms with E-state index < -0.39 is 17.3 Å². The molecule has 0 bridgehead atoms. The van der Waals surface area contributed by atoms with Gasteiger partial charge < -0.3 is 15.6 Å². The number of ether oxygens (including phenoxy) is 1. The van der Waals surface area contributed by atoms with Crippen molar-refractivity contribution in [3.05, 3.63) is 22.5 Å². The largest absolute Gasteiger partial charge is 0.504 e. The molecule has 0 saturated carbocycles. The number of benzene rings is 1. The Balaban J connectivity index is 3.38. The topological polar surface area (TPSA) is 72.5 Å². The van der Waals surface area contributed by atoms with Gasteiger partial charge in [-0.2, -0.15) is 0 Å². The minimum Gasteiger partial charge on any atom is -0.504 e. The molecule has 88 valence electrons. The van der Waals surface area contributed by atoms with Crippen LogP contribution in [-0.2, 0) is 0 Å². The number of aromatic hydroxyl groups is 1. The van der Waals surface area contributed by atoms with Crippen LogP contribution in [0.5, 0.6) is 11.5 Å². The van der Waals surface area contributed by atoms with Crippen molar-refractivity contribution >= 4 is 17.4 Å². The Bertz CT molecular complexity index is 423. The fraction of sp³-hybridized carbons (Fsp3) is 0.300. The summed E-state index contributed by atoms with van der Waals surface area (Å²) < 4.78 is 18.0. The lowest BCUT2D eigenvalue weighted by Crippen LogP contribution is -2.10. The van der Waals surface area contributed by atoms with Crippen molar-refractivity contribution in [3.8, 4) is 11.5 Å². The van der Waals surface area contributed by atoms with Crippen molar-refractivity contribution < 1.29 is 19.0 Å². The second-order valence-corrected chi connectivity index (χ2v) is 3.44. The van der Waals surface area contributed by atoms with Crippen molar-refractivity contribution in [1.29, 1.82) is 0 Å². The molecule has 0 aromatic heterocycles. The third-order valence-electron chi connectivity index (χ3n) is 2.01. The molecule has 0 spiro atoms. The van der Waals surface area contributed by atoms with E-state index in [1.165, 1.54) is 7.11 Å². The SMILES string of the molecule is COc1c(O)cc(F)c(Cl)c1C(=O)CCN. The number of rotatable bonds is 4. The molecule has 1 aromatic carbocycles. The van der Waals surface area contributed by atoms with Gasteiger partial charge in [-0.3, -0.25) is 4.79 Å². The second kappa shape index (κ2) is 5.14. The molecule has 0 heterocycles. The lowest BCUT2D eigenvalue weighted by atomic mass is 10.1. The average Bonchev–Trinajstić information content (AvgIpc) is 2.23. The smallest absolute Gasteiger partial charge is 0.173 e. The lowest BCUT2D eigenvalue weighted by Gasteiger charge is -2.11. The summed E-state index contributed by atoms with van der Waals surface area (Å²) in [6.45, 7) is 0.107. The first-order valence-electron chi connectivity index (χ1n) is 4.51. The monoisotopic (exact) mass is 247 g/mol. The van der Waals surface area contributed by atoms with E-state index in [2.05, 4.69) is 0 Å². The molecule has 0 atom stereocenters. The first-order valence-corrected chi connectivity index (χ1v) is 4.89. The molecule has 6 heteroatoms. The minimum atomic E-state index is -0.875. The van der Waals surface area contributed by atoms with Crippen LogP contribution in [0.1, 0.15) is 16.8 Å². The molecular formula is C10H11ClFNO3. The van der Waals surface area contributed by atoms with Crippen LogP contribution in [0.15, 0.2) is 6.07 Å². The summed E-state index contributed by atoms with van der Waals surface area (Å²) in [4.78, 5) is 11.6. The number of ketones is 1. The fourth-order valence-electron chi connectivity index (χ4n) is 1.31. The molecule has 1 rings (SSSR count). The Morgan fingerprint density at radius 1 is 1.69 bits per heavy atom. The molecule has 1 aromatic rings. The summed E-state index contributed by atoms with van der Waals surface area (Å²) in [5.41, 5.74) is 5.05. The predicted octanol–water partition coefficient (Wildman–Crippen LogP) is 1.72.